The highest BCUT2D eigenvalue weighted by Gasteiger charge is 2.23. The number of hydrogen-bond acceptors (Lipinski definition) is 4. The molecule has 0 saturated heterocycles. The number of aliphatic imine (C=N–C) groups is 1. The predicted octanol–water partition coefficient (Wildman–Crippen LogP) is 3.18. The smallest absolute Gasteiger partial charge is 0.252 e. The summed E-state index contributed by atoms with van der Waals surface area (Å²) in [6, 6.07) is 6.97. The Balaban J connectivity index is 2.01. The van der Waals surface area contributed by atoms with Crippen molar-refractivity contribution < 1.29 is 9.90 Å². The van der Waals surface area contributed by atoms with Crippen LogP contribution in [0.25, 0.3) is 0 Å². The third kappa shape index (κ3) is 2.69. The van der Waals surface area contributed by atoms with E-state index in [-0.39, 0.29) is 5.75 Å². The van der Waals surface area contributed by atoms with Gasteiger partial charge in [-0.1, -0.05) is 12.1 Å². The number of nitrogens with zero attached hydrogens (tertiary/aromatic N) is 1. The summed E-state index contributed by atoms with van der Waals surface area (Å²) in [6.45, 7) is 0. The minimum atomic E-state index is -0.418. The Morgan fingerprint density at radius 1 is 1.29 bits per heavy atom. The molecule has 0 spiro atoms. The molecule has 0 saturated carbocycles. The highest BCUT2D eigenvalue weighted by Crippen LogP contribution is 2.39. The lowest BCUT2D eigenvalue weighted by Crippen LogP contribution is -2.14. The molecule has 108 valence electrons. The van der Waals surface area contributed by atoms with E-state index >= 15 is 0 Å². The van der Waals surface area contributed by atoms with E-state index in [0.29, 0.717) is 16.1 Å². The summed E-state index contributed by atoms with van der Waals surface area (Å²) in [4.78, 5) is 17.4. The molecule has 3 rings (SSSR count). The van der Waals surface area contributed by atoms with Gasteiger partial charge in [0.15, 0.2) is 0 Å². The van der Waals surface area contributed by atoms with Crippen LogP contribution in [0.15, 0.2) is 29.3 Å². The molecule has 3 N–H and O–H groups in total. The molecule has 1 aromatic carbocycles. The van der Waals surface area contributed by atoms with Crippen molar-refractivity contribution in [3.63, 3.8) is 0 Å². The van der Waals surface area contributed by atoms with Gasteiger partial charge in [-0.25, -0.2) is 4.99 Å². The molecule has 0 bridgehead atoms. The van der Waals surface area contributed by atoms with Gasteiger partial charge in [0.05, 0.1) is 5.56 Å². The molecule has 0 radical (unpaired) electrons. The first kappa shape index (κ1) is 13.8. The van der Waals surface area contributed by atoms with Crippen molar-refractivity contribution >= 4 is 28.5 Å². The van der Waals surface area contributed by atoms with Crippen LogP contribution < -0.4 is 5.73 Å². The molecule has 1 aliphatic rings. The number of phenolic OH excluding ortho intramolecular Hbond substituents is 1. The van der Waals surface area contributed by atoms with Crippen LogP contribution in [0, 0.1) is 0 Å². The molecule has 1 aliphatic carbocycles. The van der Waals surface area contributed by atoms with Crippen LogP contribution in [0.3, 0.4) is 0 Å². The highest BCUT2D eigenvalue weighted by atomic mass is 32.1. The van der Waals surface area contributed by atoms with Crippen LogP contribution in [-0.4, -0.2) is 17.2 Å². The van der Waals surface area contributed by atoms with E-state index in [1.54, 1.807) is 24.4 Å². The molecule has 0 aliphatic heterocycles. The lowest BCUT2D eigenvalue weighted by atomic mass is 9.95. The lowest BCUT2D eigenvalue weighted by Gasteiger charge is -2.10. The van der Waals surface area contributed by atoms with Gasteiger partial charge < -0.3 is 10.8 Å². The van der Waals surface area contributed by atoms with Crippen molar-refractivity contribution in [3.05, 3.63) is 45.8 Å². The second-order valence-electron chi connectivity index (χ2n) is 5.07. The first-order chi connectivity index (χ1) is 10.2. The number of rotatable bonds is 3. The van der Waals surface area contributed by atoms with Crippen LogP contribution in [0.4, 0.5) is 5.00 Å². The van der Waals surface area contributed by atoms with Gasteiger partial charge in [0.25, 0.3) is 5.91 Å². The second kappa shape index (κ2) is 5.69. The average Bonchev–Trinajstić information content (AvgIpc) is 2.85. The lowest BCUT2D eigenvalue weighted by molar-refractivity contribution is 0.100. The van der Waals surface area contributed by atoms with Crippen molar-refractivity contribution in [2.45, 2.75) is 25.7 Å². The van der Waals surface area contributed by atoms with Gasteiger partial charge in [-0.3, -0.25) is 4.79 Å². The number of aromatic hydroxyl groups is 1. The number of nitrogens with two attached hydrogens (primary N) is 1. The number of aryl methyl sites for hydroxylation is 1. The van der Waals surface area contributed by atoms with E-state index < -0.39 is 5.91 Å². The van der Waals surface area contributed by atoms with Crippen molar-refractivity contribution in [3.8, 4) is 5.75 Å². The fraction of sp³-hybridized carbons (Fsp3) is 0.250. The minimum Gasteiger partial charge on any atom is -0.507 e. The van der Waals surface area contributed by atoms with Crippen LogP contribution in [-0.2, 0) is 12.8 Å². The Morgan fingerprint density at radius 2 is 2.05 bits per heavy atom. The van der Waals surface area contributed by atoms with Gasteiger partial charge in [0, 0.05) is 16.7 Å². The zero-order valence-electron chi connectivity index (χ0n) is 11.5. The van der Waals surface area contributed by atoms with Crippen LogP contribution in [0.1, 0.15) is 39.2 Å². The second-order valence-corrected chi connectivity index (χ2v) is 6.16. The van der Waals surface area contributed by atoms with Gasteiger partial charge >= 0.3 is 0 Å². The summed E-state index contributed by atoms with van der Waals surface area (Å²) in [6.07, 6.45) is 5.71. The number of phenols is 1. The van der Waals surface area contributed by atoms with E-state index in [1.807, 2.05) is 6.07 Å². The maximum Gasteiger partial charge on any atom is 0.252 e. The number of thiophene rings is 1. The molecule has 21 heavy (non-hydrogen) atoms. The summed E-state index contributed by atoms with van der Waals surface area (Å²) in [7, 11) is 0. The average molecular weight is 300 g/mol. The summed E-state index contributed by atoms with van der Waals surface area (Å²) < 4.78 is 0. The van der Waals surface area contributed by atoms with Gasteiger partial charge in [0.1, 0.15) is 10.8 Å². The maximum atomic E-state index is 11.7. The predicted molar refractivity (Wildman–Crippen MR) is 84.8 cm³/mol. The number of amides is 1. The number of hydrogen-bond donors (Lipinski definition) is 2. The number of benzene rings is 1. The molecule has 0 fully saturated rings. The maximum absolute atomic E-state index is 11.7. The third-order valence-corrected chi connectivity index (χ3v) is 4.86. The fourth-order valence-corrected chi connectivity index (χ4v) is 3.86. The topological polar surface area (TPSA) is 75.7 Å². The Hall–Kier alpha value is -2.14. The highest BCUT2D eigenvalue weighted by molar-refractivity contribution is 7.16. The first-order valence-electron chi connectivity index (χ1n) is 6.93. The monoisotopic (exact) mass is 300 g/mol. The third-order valence-electron chi connectivity index (χ3n) is 3.66. The molecule has 1 aromatic heterocycles. The van der Waals surface area contributed by atoms with Crippen LogP contribution >= 0.6 is 11.3 Å². The van der Waals surface area contributed by atoms with Gasteiger partial charge in [-0.05, 0) is 43.4 Å². The van der Waals surface area contributed by atoms with E-state index in [2.05, 4.69) is 4.99 Å². The Labute approximate surface area is 127 Å². The largest absolute Gasteiger partial charge is 0.507 e. The summed E-state index contributed by atoms with van der Waals surface area (Å²) in [5.74, 6) is -0.248. The van der Waals surface area contributed by atoms with Crippen molar-refractivity contribution in [1.29, 1.82) is 0 Å². The number of carbonyl (C=O) groups is 1. The molecule has 1 heterocycles. The summed E-state index contributed by atoms with van der Waals surface area (Å²) in [5, 5.41) is 10.4. The zero-order valence-corrected chi connectivity index (χ0v) is 12.3. The standard InChI is InChI=1S/C16H16N2O2S/c17-15(20)14-11-6-2-4-8-13(11)21-16(14)18-9-10-5-1-3-7-12(10)19/h1,3,5,7,9,19H,2,4,6,8H2,(H2,17,20)/b18-9+. The minimum absolute atomic E-state index is 0.170. The Bertz CT molecular complexity index is 719. The van der Waals surface area contributed by atoms with Crippen molar-refractivity contribution in [2.75, 3.05) is 0 Å². The summed E-state index contributed by atoms with van der Waals surface area (Å²) in [5.41, 5.74) is 7.78. The van der Waals surface area contributed by atoms with Crippen molar-refractivity contribution in [2.24, 2.45) is 10.7 Å². The molecule has 2 aromatic rings. The van der Waals surface area contributed by atoms with Gasteiger partial charge in [-0.2, -0.15) is 0 Å². The van der Waals surface area contributed by atoms with Gasteiger partial charge in [-0.15, -0.1) is 11.3 Å². The molecule has 5 heteroatoms. The quantitative estimate of drug-likeness (QED) is 0.854. The van der Waals surface area contributed by atoms with E-state index in [1.165, 1.54) is 16.2 Å². The SMILES string of the molecule is NC(=O)c1c(/N=C/c2ccccc2O)sc2c1CCCC2. The molecular weight excluding hydrogens is 284 g/mol. The Kier molecular flexibility index (Phi) is 3.75. The normalized spacial score (nSPS) is 14.3. The molecule has 0 atom stereocenters. The van der Waals surface area contributed by atoms with Gasteiger partial charge in [0.2, 0.25) is 0 Å². The van der Waals surface area contributed by atoms with Crippen molar-refractivity contribution in [1.82, 2.24) is 0 Å². The molecule has 4 nitrogen and oxygen atoms in total. The number of primary amides is 1. The fourth-order valence-electron chi connectivity index (χ4n) is 2.62. The van der Waals surface area contributed by atoms with E-state index in [9.17, 15) is 9.90 Å². The Morgan fingerprint density at radius 3 is 2.81 bits per heavy atom. The van der Waals surface area contributed by atoms with E-state index in [0.717, 1.165) is 31.2 Å². The molecule has 1 amide bonds. The number of carbonyl (C=O) groups excluding carboxylic acids is 1. The van der Waals surface area contributed by atoms with Crippen LogP contribution in [0.2, 0.25) is 0 Å². The number of fused-ring (bicyclic) bond motifs is 1. The molecule has 0 unspecified atom stereocenters. The van der Waals surface area contributed by atoms with E-state index in [4.69, 9.17) is 5.73 Å². The summed E-state index contributed by atoms with van der Waals surface area (Å²) >= 11 is 1.54. The zero-order chi connectivity index (χ0) is 14.8. The molecular formula is C16H16N2O2S. The number of para-hydroxylation sites is 1. The first-order valence-corrected chi connectivity index (χ1v) is 7.75. The van der Waals surface area contributed by atoms with Crippen LogP contribution in [0.5, 0.6) is 5.75 Å².